The smallest absolute Gasteiger partial charge is 0.0413 e. The van der Waals surface area contributed by atoms with Gasteiger partial charge in [0.2, 0.25) is 0 Å². The lowest BCUT2D eigenvalue weighted by molar-refractivity contribution is 0.510. The average Bonchev–Trinajstić information content (AvgIpc) is 2.08. The number of hydrogen-bond acceptors (Lipinski definition) is 2. The molecule has 72 valence electrons. The highest BCUT2D eigenvalue weighted by Crippen LogP contribution is 2.25. The van der Waals surface area contributed by atoms with E-state index in [9.17, 15) is 0 Å². The highest BCUT2D eigenvalue weighted by atomic mass is 79.9. The van der Waals surface area contributed by atoms with Crippen LogP contribution in [0.2, 0.25) is 0 Å². The van der Waals surface area contributed by atoms with Gasteiger partial charge in [0.05, 0.1) is 0 Å². The molecule has 1 aromatic rings. The van der Waals surface area contributed by atoms with Crippen LogP contribution in [0.5, 0.6) is 0 Å². The Hall–Kier alpha value is -0.410. The zero-order chi connectivity index (χ0) is 10.0. The fourth-order valence-electron chi connectivity index (χ4n) is 1.21. The summed E-state index contributed by atoms with van der Waals surface area (Å²) in [6.07, 6.45) is 3.65. The third-order valence-electron chi connectivity index (χ3n) is 2.27. The van der Waals surface area contributed by atoms with E-state index in [0.717, 1.165) is 10.0 Å². The first-order valence-electron chi connectivity index (χ1n) is 4.39. The molecule has 3 heteroatoms. The van der Waals surface area contributed by atoms with Crippen molar-refractivity contribution in [2.75, 3.05) is 0 Å². The van der Waals surface area contributed by atoms with Gasteiger partial charge in [-0.15, -0.1) is 0 Å². The number of aromatic nitrogens is 1. The summed E-state index contributed by atoms with van der Waals surface area (Å²) in [5.41, 5.74) is 8.37. The van der Waals surface area contributed by atoms with Gasteiger partial charge in [0, 0.05) is 22.9 Å². The summed E-state index contributed by atoms with van der Waals surface area (Å²) in [4.78, 5) is 4.12. The Balaban J connectivity index is 3.07. The summed E-state index contributed by atoms with van der Waals surface area (Å²) in [7, 11) is 0. The van der Waals surface area contributed by atoms with E-state index in [4.69, 9.17) is 5.73 Å². The topological polar surface area (TPSA) is 38.9 Å². The number of rotatable bonds is 2. The first-order chi connectivity index (χ1) is 6.04. The van der Waals surface area contributed by atoms with Gasteiger partial charge in [0.1, 0.15) is 0 Å². The summed E-state index contributed by atoms with van der Waals surface area (Å²) in [6, 6.07) is 0.0741. The van der Waals surface area contributed by atoms with Crippen molar-refractivity contribution in [1.29, 1.82) is 0 Å². The molecule has 0 aromatic carbocycles. The molecule has 13 heavy (non-hydrogen) atoms. The van der Waals surface area contributed by atoms with E-state index in [1.165, 1.54) is 5.56 Å². The van der Waals surface area contributed by atoms with Crippen molar-refractivity contribution >= 4 is 15.9 Å². The molecule has 2 nitrogen and oxygen atoms in total. The van der Waals surface area contributed by atoms with Crippen molar-refractivity contribution < 1.29 is 0 Å². The first-order valence-corrected chi connectivity index (χ1v) is 5.19. The quantitative estimate of drug-likeness (QED) is 0.867. The van der Waals surface area contributed by atoms with Crippen LogP contribution in [-0.4, -0.2) is 4.98 Å². The Morgan fingerprint density at radius 3 is 2.54 bits per heavy atom. The summed E-state index contributed by atoms with van der Waals surface area (Å²) in [5.74, 6) is 0.440. The standard InChI is InChI=1S/C10H15BrN2/c1-6(2)10(12)8-4-13-5-9(11)7(8)3/h4-6,10H,12H2,1-3H3/t10-/m0/s1. The minimum atomic E-state index is 0.0741. The van der Waals surface area contributed by atoms with E-state index in [1.807, 2.05) is 6.20 Å². The molecule has 1 atom stereocenters. The first kappa shape index (κ1) is 10.7. The third kappa shape index (κ3) is 2.29. The van der Waals surface area contributed by atoms with Crippen LogP contribution < -0.4 is 5.73 Å². The van der Waals surface area contributed by atoms with Crippen LogP contribution in [0.3, 0.4) is 0 Å². The average molecular weight is 243 g/mol. The Kier molecular flexibility index (Phi) is 3.45. The third-order valence-corrected chi connectivity index (χ3v) is 3.07. The highest BCUT2D eigenvalue weighted by Gasteiger charge is 2.14. The predicted molar refractivity (Wildman–Crippen MR) is 58.4 cm³/mol. The van der Waals surface area contributed by atoms with Gasteiger partial charge >= 0.3 is 0 Å². The fraction of sp³-hybridized carbons (Fsp3) is 0.500. The van der Waals surface area contributed by atoms with Crippen molar-refractivity contribution in [1.82, 2.24) is 4.98 Å². The monoisotopic (exact) mass is 242 g/mol. The number of halogens is 1. The van der Waals surface area contributed by atoms with Crippen LogP contribution in [0.15, 0.2) is 16.9 Å². The van der Waals surface area contributed by atoms with Crippen molar-refractivity contribution in [3.8, 4) is 0 Å². The molecule has 0 aliphatic rings. The molecule has 0 radical (unpaired) electrons. The zero-order valence-corrected chi connectivity index (χ0v) is 9.80. The molecule has 2 N–H and O–H groups in total. The van der Waals surface area contributed by atoms with E-state index in [-0.39, 0.29) is 6.04 Å². The molecule has 0 amide bonds. The predicted octanol–water partition coefficient (Wildman–Crippen LogP) is 2.81. The van der Waals surface area contributed by atoms with Gasteiger partial charge in [-0.3, -0.25) is 4.98 Å². The van der Waals surface area contributed by atoms with E-state index in [1.54, 1.807) is 6.20 Å². The van der Waals surface area contributed by atoms with Gasteiger partial charge in [-0.25, -0.2) is 0 Å². The van der Waals surface area contributed by atoms with Gasteiger partial charge in [0.25, 0.3) is 0 Å². The second-order valence-corrected chi connectivity index (χ2v) is 4.46. The maximum atomic E-state index is 6.05. The molecule has 0 aliphatic heterocycles. The summed E-state index contributed by atoms with van der Waals surface area (Å²) >= 11 is 3.45. The van der Waals surface area contributed by atoms with Crippen molar-refractivity contribution in [2.24, 2.45) is 11.7 Å². The number of nitrogens with two attached hydrogens (primary N) is 1. The second-order valence-electron chi connectivity index (χ2n) is 3.61. The molecule has 0 spiro atoms. The van der Waals surface area contributed by atoms with Gasteiger partial charge in [-0.1, -0.05) is 13.8 Å². The van der Waals surface area contributed by atoms with Crippen LogP contribution in [-0.2, 0) is 0 Å². The summed E-state index contributed by atoms with van der Waals surface area (Å²) in [5, 5.41) is 0. The van der Waals surface area contributed by atoms with E-state index < -0.39 is 0 Å². The Morgan fingerprint density at radius 2 is 2.00 bits per heavy atom. The molecule has 1 heterocycles. The van der Waals surface area contributed by atoms with E-state index >= 15 is 0 Å². The molecular formula is C10H15BrN2. The maximum absolute atomic E-state index is 6.05. The Labute approximate surface area is 87.7 Å². The van der Waals surface area contributed by atoms with Gasteiger partial charge in [-0.05, 0) is 39.9 Å². The molecule has 0 saturated heterocycles. The Bertz CT molecular complexity index is 297. The minimum Gasteiger partial charge on any atom is -0.324 e. The maximum Gasteiger partial charge on any atom is 0.0413 e. The molecule has 1 aromatic heterocycles. The van der Waals surface area contributed by atoms with Crippen LogP contribution in [0.25, 0.3) is 0 Å². The van der Waals surface area contributed by atoms with E-state index in [2.05, 4.69) is 41.7 Å². The summed E-state index contributed by atoms with van der Waals surface area (Å²) < 4.78 is 1.03. The number of nitrogens with zero attached hydrogens (tertiary/aromatic N) is 1. The fourth-order valence-corrected chi connectivity index (χ4v) is 1.56. The summed E-state index contributed by atoms with van der Waals surface area (Å²) in [6.45, 7) is 6.29. The van der Waals surface area contributed by atoms with Crippen LogP contribution in [0.1, 0.15) is 31.0 Å². The zero-order valence-electron chi connectivity index (χ0n) is 8.21. The van der Waals surface area contributed by atoms with Gasteiger partial charge < -0.3 is 5.73 Å². The molecular weight excluding hydrogens is 228 g/mol. The lowest BCUT2D eigenvalue weighted by Gasteiger charge is -2.18. The lowest BCUT2D eigenvalue weighted by Crippen LogP contribution is -2.18. The molecule has 0 bridgehead atoms. The van der Waals surface area contributed by atoms with Gasteiger partial charge in [0.15, 0.2) is 0 Å². The molecule has 0 aliphatic carbocycles. The molecule has 0 saturated carbocycles. The Morgan fingerprint density at radius 1 is 1.38 bits per heavy atom. The van der Waals surface area contributed by atoms with Crippen LogP contribution >= 0.6 is 15.9 Å². The minimum absolute atomic E-state index is 0.0741. The number of hydrogen-bond donors (Lipinski definition) is 1. The van der Waals surface area contributed by atoms with E-state index in [0.29, 0.717) is 5.92 Å². The lowest BCUT2D eigenvalue weighted by atomic mass is 9.95. The molecule has 1 rings (SSSR count). The molecule has 0 unspecified atom stereocenters. The van der Waals surface area contributed by atoms with Crippen molar-refractivity contribution in [3.63, 3.8) is 0 Å². The second kappa shape index (κ2) is 4.20. The van der Waals surface area contributed by atoms with Crippen molar-refractivity contribution in [2.45, 2.75) is 26.8 Å². The SMILES string of the molecule is Cc1c(Br)cncc1[C@@H](N)C(C)C. The van der Waals surface area contributed by atoms with Crippen LogP contribution in [0.4, 0.5) is 0 Å². The molecule has 0 fully saturated rings. The van der Waals surface area contributed by atoms with Crippen molar-refractivity contribution in [3.05, 3.63) is 28.0 Å². The van der Waals surface area contributed by atoms with Crippen LogP contribution in [0, 0.1) is 12.8 Å². The normalized spacial score (nSPS) is 13.4. The number of pyridine rings is 1. The highest BCUT2D eigenvalue weighted by molar-refractivity contribution is 9.10. The largest absolute Gasteiger partial charge is 0.324 e. The van der Waals surface area contributed by atoms with Gasteiger partial charge in [-0.2, -0.15) is 0 Å².